The average Bonchev–Trinajstić information content (AvgIpc) is 3.03. The van der Waals surface area contributed by atoms with E-state index in [2.05, 4.69) is 102 Å². The van der Waals surface area contributed by atoms with Crippen LogP contribution in [0.15, 0.2) is 60.7 Å². The van der Waals surface area contributed by atoms with Gasteiger partial charge in [0.05, 0.1) is 8.16 Å². The fourth-order valence-corrected chi connectivity index (χ4v) is 19.9. The normalized spacial score (nSPS) is 38.1. The van der Waals surface area contributed by atoms with Crippen LogP contribution in [0.5, 0.6) is 0 Å². The highest BCUT2D eigenvalue weighted by Gasteiger charge is 2.54. The number of rotatable bonds is 6. The second kappa shape index (κ2) is 16.4. The zero-order chi connectivity index (χ0) is 32.9. The van der Waals surface area contributed by atoms with Crippen molar-refractivity contribution >= 4 is 45.1 Å². The van der Waals surface area contributed by atoms with Gasteiger partial charge in [0.25, 0.3) is 0 Å². The first kappa shape index (κ1) is 36.7. The third kappa shape index (κ3) is 8.24. The molecule has 0 N–H and O–H groups in total. The van der Waals surface area contributed by atoms with Gasteiger partial charge in [0.1, 0.15) is 0 Å². The molecule has 0 amide bonds. The molecule has 2 aromatic rings. The summed E-state index contributed by atoms with van der Waals surface area (Å²) in [4.78, 5) is 0. The standard InChI is InChI=1S/2C20H30OS2/c2*1-15(2)19-10-9-16(3)14-20(19)22-12-11-18(23(20)21)13-17-7-5-4-6-8-17/h2*4-8,15-16,18-19H,9-14H2,1-3H3/t2*16-,18-,19+,20-,23-/m11/s1. The van der Waals surface area contributed by atoms with Gasteiger partial charge in [0.2, 0.25) is 0 Å². The molecule has 2 saturated carbocycles. The van der Waals surface area contributed by atoms with E-state index in [1.807, 2.05) is 23.5 Å². The number of hydrogen-bond donors (Lipinski definition) is 0. The number of thioether (sulfide) groups is 2. The molecule has 2 nitrogen and oxygen atoms in total. The maximum absolute atomic E-state index is 13.7. The second-order valence-corrected chi connectivity index (χ2v) is 22.9. The van der Waals surface area contributed by atoms with Crippen LogP contribution in [0.4, 0.5) is 0 Å². The van der Waals surface area contributed by atoms with Crippen molar-refractivity contribution in [1.82, 2.24) is 0 Å². The molecule has 0 aromatic heterocycles. The zero-order valence-corrected chi connectivity index (χ0v) is 32.6. The van der Waals surface area contributed by atoms with E-state index >= 15 is 0 Å². The first-order valence-electron chi connectivity index (χ1n) is 18.2. The molecule has 2 aromatic carbocycles. The lowest BCUT2D eigenvalue weighted by atomic mass is 9.76. The Morgan fingerprint density at radius 1 is 0.609 bits per heavy atom. The Morgan fingerprint density at radius 3 is 1.33 bits per heavy atom. The summed E-state index contributed by atoms with van der Waals surface area (Å²) >= 11 is 4.10. The highest BCUT2D eigenvalue weighted by Crippen LogP contribution is 2.56. The van der Waals surface area contributed by atoms with Gasteiger partial charge in [0.15, 0.2) is 0 Å². The third-order valence-electron chi connectivity index (χ3n) is 11.4. The molecule has 4 fully saturated rings. The SMILES string of the molecule is CC(C)[C@@H]1CC[C@@H](C)C[C@]12SCC[C@H](Cc1ccccc1)[S@]2=O.CC(C)[C@@H]1CC[C@@H](C)C[C@]12SCC[C@H](Cc1ccccc1)[S@]2=O. The van der Waals surface area contributed by atoms with E-state index in [1.54, 1.807) is 0 Å². The van der Waals surface area contributed by atoms with Gasteiger partial charge in [-0.2, -0.15) is 0 Å². The molecule has 46 heavy (non-hydrogen) atoms. The van der Waals surface area contributed by atoms with Gasteiger partial charge in [-0.15, -0.1) is 23.5 Å². The molecule has 2 spiro atoms. The molecular formula is C40H60O2S4. The Kier molecular flexibility index (Phi) is 13.1. The number of hydrogen-bond acceptors (Lipinski definition) is 4. The molecule has 4 aliphatic rings. The quantitative estimate of drug-likeness (QED) is 0.300. The minimum absolute atomic E-state index is 0.0174. The number of benzene rings is 2. The largest absolute Gasteiger partial charge is 0.258 e. The Hall–Kier alpha value is -0.560. The third-order valence-corrected chi connectivity index (χ3v) is 20.2. The van der Waals surface area contributed by atoms with Crippen molar-refractivity contribution < 1.29 is 8.42 Å². The Morgan fingerprint density at radius 2 is 0.978 bits per heavy atom. The van der Waals surface area contributed by atoms with E-state index < -0.39 is 21.6 Å². The van der Waals surface area contributed by atoms with E-state index in [0.717, 1.165) is 50.4 Å². The molecule has 0 radical (unpaired) electrons. The molecule has 2 aliphatic heterocycles. The van der Waals surface area contributed by atoms with Crippen molar-refractivity contribution in [2.45, 2.75) is 124 Å². The molecule has 6 rings (SSSR count). The summed E-state index contributed by atoms with van der Waals surface area (Å²) in [5, 5.41) is 0.676. The summed E-state index contributed by atoms with van der Waals surface area (Å²) in [5.41, 5.74) is 2.69. The Bertz CT molecular complexity index is 1180. The minimum atomic E-state index is -0.732. The summed E-state index contributed by atoms with van der Waals surface area (Å²) in [6.45, 7) is 14.1. The molecule has 256 valence electrons. The smallest absolute Gasteiger partial charge is 0.0944 e. The predicted molar refractivity (Wildman–Crippen MR) is 206 cm³/mol. The molecule has 10 atom stereocenters. The molecule has 0 bridgehead atoms. The monoisotopic (exact) mass is 700 g/mol. The molecule has 2 saturated heterocycles. The van der Waals surface area contributed by atoms with Crippen LogP contribution < -0.4 is 0 Å². The van der Waals surface area contributed by atoms with Gasteiger partial charge in [-0.1, -0.05) is 115 Å². The van der Waals surface area contributed by atoms with Crippen LogP contribution >= 0.6 is 23.5 Å². The van der Waals surface area contributed by atoms with Crippen LogP contribution in [0.25, 0.3) is 0 Å². The van der Waals surface area contributed by atoms with Crippen molar-refractivity contribution in [2.24, 2.45) is 35.5 Å². The van der Waals surface area contributed by atoms with Crippen LogP contribution in [-0.4, -0.2) is 38.6 Å². The summed E-state index contributed by atoms with van der Waals surface area (Å²) in [6.07, 6.45) is 11.6. The van der Waals surface area contributed by atoms with Crippen LogP contribution in [-0.2, 0) is 34.4 Å². The fraction of sp³-hybridized carbons (Fsp3) is 0.700. The maximum Gasteiger partial charge on any atom is 0.0944 e. The summed E-state index contributed by atoms with van der Waals surface area (Å²) in [7, 11) is -1.46. The van der Waals surface area contributed by atoms with E-state index in [4.69, 9.17) is 0 Å². The summed E-state index contributed by atoms with van der Waals surface area (Å²) in [6, 6.07) is 21.3. The van der Waals surface area contributed by atoms with Crippen LogP contribution in [0.2, 0.25) is 0 Å². The van der Waals surface area contributed by atoms with Crippen LogP contribution in [0.3, 0.4) is 0 Å². The molecular weight excluding hydrogens is 641 g/mol. The fourth-order valence-electron chi connectivity index (χ4n) is 9.05. The molecule has 2 heterocycles. The van der Waals surface area contributed by atoms with Gasteiger partial charge < -0.3 is 0 Å². The maximum atomic E-state index is 13.7. The minimum Gasteiger partial charge on any atom is -0.258 e. The van der Waals surface area contributed by atoms with E-state index in [-0.39, 0.29) is 8.16 Å². The zero-order valence-electron chi connectivity index (χ0n) is 29.3. The van der Waals surface area contributed by atoms with E-state index in [1.165, 1.54) is 48.3 Å². The lowest BCUT2D eigenvalue weighted by molar-refractivity contribution is 0.221. The first-order chi connectivity index (χ1) is 22.1. The molecule has 2 aliphatic carbocycles. The van der Waals surface area contributed by atoms with Crippen LogP contribution in [0, 0.1) is 35.5 Å². The Labute approximate surface area is 295 Å². The molecule has 6 heteroatoms. The lowest BCUT2D eigenvalue weighted by Crippen LogP contribution is -2.52. The highest BCUT2D eigenvalue weighted by atomic mass is 32.2. The first-order valence-corrected chi connectivity index (χ1v) is 22.6. The predicted octanol–water partition coefficient (Wildman–Crippen LogP) is 10.5. The van der Waals surface area contributed by atoms with Crippen molar-refractivity contribution in [3.8, 4) is 0 Å². The molecule has 0 unspecified atom stereocenters. The van der Waals surface area contributed by atoms with E-state index in [9.17, 15) is 8.42 Å². The van der Waals surface area contributed by atoms with Gasteiger partial charge in [-0.25, -0.2) is 0 Å². The van der Waals surface area contributed by atoms with Crippen molar-refractivity contribution in [1.29, 1.82) is 0 Å². The topological polar surface area (TPSA) is 34.1 Å². The van der Waals surface area contributed by atoms with E-state index in [0.29, 0.717) is 34.2 Å². The summed E-state index contributed by atoms with van der Waals surface area (Å²) in [5.74, 6) is 6.29. The lowest BCUT2D eigenvalue weighted by Gasteiger charge is -2.50. The van der Waals surface area contributed by atoms with Crippen LogP contribution in [0.1, 0.15) is 104 Å². The van der Waals surface area contributed by atoms with Gasteiger partial charge >= 0.3 is 0 Å². The second-order valence-electron chi connectivity index (χ2n) is 15.6. The Balaban J connectivity index is 0.000000181. The van der Waals surface area contributed by atoms with Crippen molar-refractivity contribution in [3.63, 3.8) is 0 Å². The van der Waals surface area contributed by atoms with Gasteiger partial charge in [0, 0.05) is 32.1 Å². The van der Waals surface area contributed by atoms with Gasteiger partial charge in [-0.3, -0.25) is 8.42 Å². The van der Waals surface area contributed by atoms with Gasteiger partial charge in [-0.05, 0) is 110 Å². The average molecular weight is 701 g/mol. The van der Waals surface area contributed by atoms with Crippen molar-refractivity contribution in [2.75, 3.05) is 11.5 Å². The van der Waals surface area contributed by atoms with Crippen molar-refractivity contribution in [3.05, 3.63) is 71.8 Å². The summed E-state index contributed by atoms with van der Waals surface area (Å²) < 4.78 is 27.3. The highest BCUT2D eigenvalue weighted by molar-refractivity contribution is 8.13.